The number of carbonyl (C=O) groups excluding carboxylic acids is 2. The SMILES string of the molecule is COC(=O)[C@@H](C)NC(=O)c1ccc(-c2noc(C(F)F)n2)cc1. The van der Waals surface area contributed by atoms with Crippen LogP contribution >= 0.6 is 0 Å². The average Bonchev–Trinajstić information content (AvgIpc) is 3.04. The van der Waals surface area contributed by atoms with Gasteiger partial charge in [-0.05, 0) is 19.1 Å². The molecule has 0 aliphatic heterocycles. The number of carbonyl (C=O) groups is 2. The van der Waals surface area contributed by atoms with Crippen molar-refractivity contribution < 1.29 is 27.6 Å². The minimum Gasteiger partial charge on any atom is -0.467 e. The van der Waals surface area contributed by atoms with E-state index in [9.17, 15) is 18.4 Å². The van der Waals surface area contributed by atoms with Gasteiger partial charge in [0.1, 0.15) is 6.04 Å². The number of benzene rings is 1. The molecule has 0 unspecified atom stereocenters. The highest BCUT2D eigenvalue weighted by atomic mass is 19.3. The van der Waals surface area contributed by atoms with Crippen LogP contribution in [0, 0.1) is 0 Å². The van der Waals surface area contributed by atoms with Crippen LogP contribution in [0.1, 0.15) is 29.6 Å². The number of halogens is 2. The van der Waals surface area contributed by atoms with Gasteiger partial charge in [0.05, 0.1) is 7.11 Å². The first-order chi connectivity index (χ1) is 10.9. The van der Waals surface area contributed by atoms with E-state index in [0.29, 0.717) is 5.56 Å². The maximum absolute atomic E-state index is 12.4. The van der Waals surface area contributed by atoms with E-state index in [4.69, 9.17) is 0 Å². The molecule has 0 radical (unpaired) electrons. The van der Waals surface area contributed by atoms with Crippen LogP contribution in [-0.4, -0.2) is 35.2 Å². The van der Waals surface area contributed by atoms with Crippen molar-refractivity contribution in [1.82, 2.24) is 15.5 Å². The molecule has 0 saturated carbocycles. The summed E-state index contributed by atoms with van der Waals surface area (Å²) in [4.78, 5) is 26.7. The summed E-state index contributed by atoms with van der Waals surface area (Å²) in [5, 5.41) is 5.90. The maximum Gasteiger partial charge on any atom is 0.328 e. The standard InChI is InChI=1S/C14H13F2N3O4/c1-7(14(21)22-2)17-12(20)9-5-3-8(4-6-9)11-18-13(10(15)16)23-19-11/h3-7,10H,1-2H3,(H,17,20)/t7-/m1/s1. The number of rotatable bonds is 5. The fourth-order valence-electron chi connectivity index (χ4n) is 1.73. The number of hydrogen-bond acceptors (Lipinski definition) is 6. The van der Waals surface area contributed by atoms with Crippen molar-refractivity contribution in [3.05, 3.63) is 35.7 Å². The monoisotopic (exact) mass is 325 g/mol. The highest BCUT2D eigenvalue weighted by Crippen LogP contribution is 2.21. The van der Waals surface area contributed by atoms with Crippen molar-refractivity contribution in [3.63, 3.8) is 0 Å². The predicted octanol–water partition coefficient (Wildman–Crippen LogP) is 1.97. The number of amides is 1. The molecule has 0 saturated heterocycles. The summed E-state index contributed by atoms with van der Waals surface area (Å²) in [6.07, 6.45) is -2.85. The first kappa shape index (κ1) is 16.5. The number of ether oxygens (including phenoxy) is 1. The number of methoxy groups -OCH3 is 1. The summed E-state index contributed by atoms with van der Waals surface area (Å²) < 4.78 is 33.7. The molecule has 0 aliphatic rings. The Morgan fingerprint density at radius 2 is 1.91 bits per heavy atom. The van der Waals surface area contributed by atoms with Gasteiger partial charge in [0.2, 0.25) is 5.82 Å². The van der Waals surface area contributed by atoms with E-state index in [1.807, 2.05) is 0 Å². The van der Waals surface area contributed by atoms with Crippen LogP contribution < -0.4 is 5.32 Å². The zero-order valence-corrected chi connectivity index (χ0v) is 12.2. The van der Waals surface area contributed by atoms with Gasteiger partial charge in [0.15, 0.2) is 0 Å². The van der Waals surface area contributed by atoms with Crippen LogP contribution in [0.15, 0.2) is 28.8 Å². The molecule has 1 atom stereocenters. The summed E-state index contributed by atoms with van der Waals surface area (Å²) >= 11 is 0. The molecule has 23 heavy (non-hydrogen) atoms. The van der Waals surface area contributed by atoms with Crippen LogP contribution in [0.25, 0.3) is 11.4 Å². The molecule has 1 amide bonds. The van der Waals surface area contributed by atoms with Crippen molar-refractivity contribution in [2.24, 2.45) is 0 Å². The molecule has 1 N–H and O–H groups in total. The second-order valence-corrected chi connectivity index (χ2v) is 4.55. The van der Waals surface area contributed by atoms with Gasteiger partial charge < -0.3 is 14.6 Å². The number of alkyl halides is 2. The quantitative estimate of drug-likeness (QED) is 0.845. The molecule has 7 nitrogen and oxygen atoms in total. The van der Waals surface area contributed by atoms with Gasteiger partial charge in [-0.2, -0.15) is 13.8 Å². The number of hydrogen-bond donors (Lipinski definition) is 1. The van der Waals surface area contributed by atoms with E-state index < -0.39 is 30.2 Å². The summed E-state index contributed by atoms with van der Waals surface area (Å²) in [7, 11) is 1.22. The van der Waals surface area contributed by atoms with Crippen molar-refractivity contribution in [2.75, 3.05) is 7.11 Å². The third-order valence-corrected chi connectivity index (χ3v) is 2.94. The Bertz CT molecular complexity index is 700. The largest absolute Gasteiger partial charge is 0.467 e. The lowest BCUT2D eigenvalue weighted by Crippen LogP contribution is -2.39. The van der Waals surface area contributed by atoms with Crippen molar-refractivity contribution in [1.29, 1.82) is 0 Å². The zero-order valence-electron chi connectivity index (χ0n) is 12.2. The summed E-state index contributed by atoms with van der Waals surface area (Å²) in [6.45, 7) is 1.49. The molecule has 1 heterocycles. The summed E-state index contributed by atoms with van der Waals surface area (Å²) in [5.41, 5.74) is 0.695. The van der Waals surface area contributed by atoms with Gasteiger partial charge >= 0.3 is 12.4 Å². The van der Waals surface area contributed by atoms with Gasteiger partial charge in [-0.15, -0.1) is 0 Å². The van der Waals surface area contributed by atoms with Crippen molar-refractivity contribution >= 4 is 11.9 Å². The Balaban J connectivity index is 2.09. The number of nitrogens with one attached hydrogen (secondary N) is 1. The highest BCUT2D eigenvalue weighted by molar-refractivity contribution is 5.97. The first-order valence-electron chi connectivity index (χ1n) is 6.53. The van der Waals surface area contributed by atoms with E-state index in [1.165, 1.54) is 38.3 Å². The van der Waals surface area contributed by atoms with Gasteiger partial charge in [0.25, 0.3) is 11.8 Å². The third-order valence-electron chi connectivity index (χ3n) is 2.94. The van der Waals surface area contributed by atoms with Crippen molar-refractivity contribution in [3.8, 4) is 11.4 Å². The second kappa shape index (κ2) is 6.95. The van der Waals surface area contributed by atoms with E-state index >= 15 is 0 Å². The third kappa shape index (κ3) is 3.87. The molecular weight excluding hydrogens is 312 g/mol. The van der Waals surface area contributed by atoms with Crippen LogP contribution in [0.2, 0.25) is 0 Å². The smallest absolute Gasteiger partial charge is 0.328 e. The second-order valence-electron chi connectivity index (χ2n) is 4.55. The van der Waals surface area contributed by atoms with Crippen LogP contribution in [0.4, 0.5) is 8.78 Å². The molecule has 2 aromatic rings. The van der Waals surface area contributed by atoms with E-state index in [-0.39, 0.29) is 11.4 Å². The lowest BCUT2D eigenvalue weighted by molar-refractivity contribution is -0.142. The van der Waals surface area contributed by atoms with Crippen LogP contribution in [0.3, 0.4) is 0 Å². The van der Waals surface area contributed by atoms with E-state index in [1.54, 1.807) is 0 Å². The minimum atomic E-state index is -2.85. The molecule has 0 bridgehead atoms. The predicted molar refractivity (Wildman–Crippen MR) is 73.6 cm³/mol. The number of esters is 1. The summed E-state index contributed by atoms with van der Waals surface area (Å²) in [5.74, 6) is -1.82. The number of nitrogens with zero attached hydrogens (tertiary/aromatic N) is 2. The Morgan fingerprint density at radius 1 is 1.26 bits per heavy atom. The maximum atomic E-state index is 12.4. The Kier molecular flexibility index (Phi) is 4.99. The average molecular weight is 325 g/mol. The topological polar surface area (TPSA) is 94.3 Å². The van der Waals surface area contributed by atoms with Gasteiger partial charge in [-0.3, -0.25) is 4.79 Å². The fraction of sp³-hybridized carbons (Fsp3) is 0.286. The van der Waals surface area contributed by atoms with Gasteiger partial charge in [-0.1, -0.05) is 17.3 Å². The van der Waals surface area contributed by atoms with Gasteiger partial charge in [0, 0.05) is 11.1 Å². The molecule has 9 heteroatoms. The fourth-order valence-corrected chi connectivity index (χ4v) is 1.73. The molecule has 0 fully saturated rings. The normalized spacial score (nSPS) is 12.0. The molecule has 0 spiro atoms. The number of aromatic nitrogens is 2. The molecular formula is C14H13F2N3O4. The Labute approximate surface area is 129 Å². The molecule has 122 valence electrons. The van der Waals surface area contributed by atoms with Crippen molar-refractivity contribution in [2.45, 2.75) is 19.4 Å². The van der Waals surface area contributed by atoms with E-state index in [2.05, 4.69) is 24.7 Å². The lowest BCUT2D eigenvalue weighted by Gasteiger charge is -2.11. The summed E-state index contributed by atoms with van der Waals surface area (Å²) in [6, 6.07) is 5.08. The first-order valence-corrected chi connectivity index (χ1v) is 6.53. The minimum absolute atomic E-state index is 0.00446. The lowest BCUT2D eigenvalue weighted by atomic mass is 10.1. The Hall–Kier alpha value is -2.84. The molecule has 1 aromatic heterocycles. The van der Waals surface area contributed by atoms with E-state index in [0.717, 1.165) is 0 Å². The zero-order chi connectivity index (χ0) is 17.0. The molecule has 2 rings (SSSR count). The molecule has 0 aliphatic carbocycles. The van der Waals surface area contributed by atoms with Gasteiger partial charge in [-0.25, -0.2) is 4.79 Å². The molecule has 1 aromatic carbocycles. The van der Waals surface area contributed by atoms with Crippen LogP contribution in [0.5, 0.6) is 0 Å². The highest BCUT2D eigenvalue weighted by Gasteiger charge is 2.19. The Morgan fingerprint density at radius 3 is 2.43 bits per heavy atom. The van der Waals surface area contributed by atoms with Crippen LogP contribution in [-0.2, 0) is 9.53 Å².